The summed E-state index contributed by atoms with van der Waals surface area (Å²) < 4.78 is 16.5. The van der Waals surface area contributed by atoms with E-state index in [1.54, 1.807) is 54.8 Å². The van der Waals surface area contributed by atoms with E-state index >= 15 is 0 Å². The van der Waals surface area contributed by atoms with Crippen molar-refractivity contribution in [3.8, 4) is 5.75 Å². The lowest BCUT2D eigenvalue weighted by atomic mass is 10.2. The third kappa shape index (κ3) is 6.85. The van der Waals surface area contributed by atoms with Crippen LogP contribution in [0.2, 0.25) is 0 Å². The molecule has 1 atom stereocenters. The molecule has 0 spiro atoms. The number of rotatable bonds is 10. The summed E-state index contributed by atoms with van der Waals surface area (Å²) in [5.41, 5.74) is 1.96. The number of amides is 2. The Kier molecular flexibility index (Phi) is 7.60. The highest BCUT2D eigenvalue weighted by molar-refractivity contribution is 5.95. The fourth-order valence-electron chi connectivity index (χ4n) is 3.41. The molecule has 0 aliphatic carbocycles. The van der Waals surface area contributed by atoms with Gasteiger partial charge in [0.25, 0.3) is 5.91 Å². The Morgan fingerprint density at radius 1 is 1.00 bits per heavy atom. The van der Waals surface area contributed by atoms with Crippen molar-refractivity contribution in [2.75, 3.05) is 30.4 Å². The van der Waals surface area contributed by atoms with Crippen molar-refractivity contribution >= 4 is 23.2 Å². The maximum Gasteiger partial charge on any atom is 0.251 e. The minimum atomic E-state index is -0.195. The number of carbonyl (C=O) groups excluding carboxylic acids is 2. The Morgan fingerprint density at radius 2 is 1.79 bits per heavy atom. The van der Waals surface area contributed by atoms with E-state index in [0.717, 1.165) is 30.9 Å². The summed E-state index contributed by atoms with van der Waals surface area (Å²) in [5.74, 6) is 1.06. The first-order valence-corrected chi connectivity index (χ1v) is 10.9. The fraction of sp³-hybridized carbons (Fsp3) is 0.280. The Labute approximate surface area is 192 Å². The highest BCUT2D eigenvalue weighted by atomic mass is 16.5. The van der Waals surface area contributed by atoms with Crippen LogP contribution in [0.5, 0.6) is 5.75 Å². The normalized spacial score (nSPS) is 15.1. The molecule has 8 heteroatoms. The molecule has 0 radical (unpaired) electrons. The Hall–Kier alpha value is -3.78. The zero-order chi connectivity index (χ0) is 22.9. The van der Waals surface area contributed by atoms with Crippen LogP contribution >= 0.6 is 0 Å². The van der Waals surface area contributed by atoms with Gasteiger partial charge in [-0.05, 0) is 73.5 Å². The van der Waals surface area contributed by atoms with Crippen LogP contribution in [0.1, 0.15) is 29.0 Å². The molecule has 4 rings (SSSR count). The van der Waals surface area contributed by atoms with Crippen LogP contribution in [0.3, 0.4) is 0 Å². The Morgan fingerprint density at radius 3 is 2.48 bits per heavy atom. The highest BCUT2D eigenvalue weighted by Gasteiger charge is 2.16. The Balaban J connectivity index is 1.18. The molecule has 3 N–H and O–H groups in total. The van der Waals surface area contributed by atoms with Gasteiger partial charge in [-0.3, -0.25) is 9.59 Å². The zero-order valence-electron chi connectivity index (χ0n) is 18.2. The number of anilines is 2. The van der Waals surface area contributed by atoms with Gasteiger partial charge in [0, 0.05) is 23.5 Å². The highest BCUT2D eigenvalue weighted by Crippen LogP contribution is 2.18. The van der Waals surface area contributed by atoms with E-state index < -0.39 is 0 Å². The first-order valence-electron chi connectivity index (χ1n) is 10.9. The molecule has 1 saturated heterocycles. The number of hydrogen-bond acceptors (Lipinski definition) is 6. The second-order valence-corrected chi connectivity index (χ2v) is 7.71. The van der Waals surface area contributed by atoms with Crippen molar-refractivity contribution in [2.45, 2.75) is 25.5 Å². The summed E-state index contributed by atoms with van der Waals surface area (Å²) in [6.45, 7) is 1.77. The number of benzene rings is 2. The first-order chi connectivity index (χ1) is 16.2. The molecule has 1 unspecified atom stereocenters. The second kappa shape index (κ2) is 11.2. The molecule has 1 aromatic heterocycles. The minimum absolute atomic E-state index is 0.0985. The standard InChI is InChI=1S/C25H27N3O5/c29-24(28-20-9-11-21(12-10-20)33-17-23-4-2-14-32-23)16-26-19-7-5-18(6-8-19)25(30)27-15-22-3-1-13-31-22/h1,3,5-13,23,26H,2,4,14-17H2,(H,27,30)(H,28,29). The van der Waals surface area contributed by atoms with Crippen LogP contribution < -0.4 is 20.7 Å². The van der Waals surface area contributed by atoms with Crippen molar-refractivity contribution in [2.24, 2.45) is 0 Å². The summed E-state index contributed by atoms with van der Waals surface area (Å²) in [6, 6.07) is 17.8. The molecule has 3 aromatic rings. The zero-order valence-corrected chi connectivity index (χ0v) is 18.2. The predicted molar refractivity (Wildman–Crippen MR) is 124 cm³/mol. The maximum atomic E-state index is 12.2. The van der Waals surface area contributed by atoms with Gasteiger partial charge in [0.2, 0.25) is 5.91 Å². The minimum Gasteiger partial charge on any atom is -0.491 e. The maximum absolute atomic E-state index is 12.2. The second-order valence-electron chi connectivity index (χ2n) is 7.71. The average molecular weight is 450 g/mol. The molecule has 172 valence electrons. The molecule has 1 fully saturated rings. The summed E-state index contributed by atoms with van der Waals surface area (Å²) in [6.07, 6.45) is 3.85. The van der Waals surface area contributed by atoms with Crippen LogP contribution in [0.4, 0.5) is 11.4 Å². The van der Waals surface area contributed by atoms with Gasteiger partial charge in [-0.1, -0.05) is 0 Å². The van der Waals surface area contributed by atoms with Gasteiger partial charge in [0.05, 0.1) is 25.5 Å². The van der Waals surface area contributed by atoms with Crippen molar-refractivity contribution in [3.05, 3.63) is 78.3 Å². The van der Waals surface area contributed by atoms with Crippen LogP contribution in [0, 0.1) is 0 Å². The molecule has 1 aliphatic rings. The predicted octanol–water partition coefficient (Wildman–Crippen LogP) is 3.82. The van der Waals surface area contributed by atoms with E-state index in [9.17, 15) is 9.59 Å². The molecule has 8 nitrogen and oxygen atoms in total. The van der Waals surface area contributed by atoms with Gasteiger partial charge >= 0.3 is 0 Å². The lowest BCUT2D eigenvalue weighted by molar-refractivity contribution is -0.114. The molecule has 33 heavy (non-hydrogen) atoms. The smallest absolute Gasteiger partial charge is 0.251 e. The van der Waals surface area contributed by atoms with E-state index in [2.05, 4.69) is 16.0 Å². The molecule has 0 bridgehead atoms. The van der Waals surface area contributed by atoms with Gasteiger partial charge in [0.1, 0.15) is 18.1 Å². The summed E-state index contributed by atoms with van der Waals surface area (Å²) in [7, 11) is 0. The average Bonchev–Trinajstić information content (AvgIpc) is 3.55. The largest absolute Gasteiger partial charge is 0.491 e. The van der Waals surface area contributed by atoms with E-state index in [4.69, 9.17) is 13.9 Å². The lowest BCUT2D eigenvalue weighted by Crippen LogP contribution is -2.23. The first kappa shape index (κ1) is 22.4. The molecular formula is C25H27N3O5. The monoisotopic (exact) mass is 449 g/mol. The van der Waals surface area contributed by atoms with Gasteiger partial charge in [-0.2, -0.15) is 0 Å². The van der Waals surface area contributed by atoms with Gasteiger partial charge in [-0.25, -0.2) is 0 Å². The molecular weight excluding hydrogens is 422 g/mol. The number of nitrogens with one attached hydrogen (secondary N) is 3. The van der Waals surface area contributed by atoms with Gasteiger partial charge < -0.3 is 29.8 Å². The van der Waals surface area contributed by atoms with Gasteiger partial charge in [-0.15, -0.1) is 0 Å². The van der Waals surface area contributed by atoms with Crippen molar-refractivity contribution in [1.82, 2.24) is 5.32 Å². The van der Waals surface area contributed by atoms with Crippen molar-refractivity contribution in [1.29, 1.82) is 0 Å². The van der Waals surface area contributed by atoms with Crippen LogP contribution in [-0.2, 0) is 16.1 Å². The van der Waals surface area contributed by atoms with Crippen LogP contribution in [0.25, 0.3) is 0 Å². The molecule has 1 aliphatic heterocycles. The van der Waals surface area contributed by atoms with E-state index in [1.165, 1.54) is 0 Å². The van der Waals surface area contributed by atoms with E-state index in [-0.39, 0.29) is 24.5 Å². The SMILES string of the molecule is O=C(CNc1ccc(C(=O)NCc2ccco2)cc1)Nc1ccc(OCC2CCCO2)cc1. The molecule has 0 saturated carbocycles. The van der Waals surface area contributed by atoms with E-state index in [0.29, 0.717) is 30.2 Å². The van der Waals surface area contributed by atoms with Crippen LogP contribution in [0.15, 0.2) is 71.3 Å². The van der Waals surface area contributed by atoms with Gasteiger partial charge in [0.15, 0.2) is 0 Å². The number of hydrogen-bond donors (Lipinski definition) is 3. The summed E-state index contributed by atoms with van der Waals surface area (Å²) in [5, 5.41) is 8.68. The summed E-state index contributed by atoms with van der Waals surface area (Å²) in [4.78, 5) is 24.4. The lowest BCUT2D eigenvalue weighted by Gasteiger charge is -2.12. The van der Waals surface area contributed by atoms with E-state index in [1.807, 2.05) is 12.1 Å². The molecule has 2 aromatic carbocycles. The number of furan rings is 1. The summed E-state index contributed by atoms with van der Waals surface area (Å²) >= 11 is 0. The number of ether oxygens (including phenoxy) is 2. The Bertz CT molecular complexity index is 1030. The third-order valence-electron chi connectivity index (χ3n) is 5.20. The molecule has 2 heterocycles. The van der Waals surface area contributed by atoms with Crippen molar-refractivity contribution < 1.29 is 23.5 Å². The fourth-order valence-corrected chi connectivity index (χ4v) is 3.41. The van der Waals surface area contributed by atoms with Crippen molar-refractivity contribution in [3.63, 3.8) is 0 Å². The molecule has 2 amide bonds. The number of carbonyl (C=O) groups is 2. The topological polar surface area (TPSA) is 102 Å². The third-order valence-corrected chi connectivity index (χ3v) is 5.20. The quantitative estimate of drug-likeness (QED) is 0.435. The van der Waals surface area contributed by atoms with Crippen LogP contribution in [-0.4, -0.2) is 37.7 Å².